The van der Waals surface area contributed by atoms with Gasteiger partial charge in [-0.3, -0.25) is 14.5 Å². The third kappa shape index (κ3) is 6.36. The molecule has 0 saturated heterocycles. The van der Waals surface area contributed by atoms with Gasteiger partial charge in [-0.1, -0.05) is 12.1 Å². The number of likely N-dealkylation sites (N-methyl/N-ethyl adjacent to an activating group) is 1. The van der Waals surface area contributed by atoms with Gasteiger partial charge in [-0.2, -0.15) is 5.10 Å². The summed E-state index contributed by atoms with van der Waals surface area (Å²) in [4.78, 5) is 31.0. The Morgan fingerprint density at radius 3 is 2.54 bits per heavy atom. The average Bonchev–Trinajstić information content (AvgIpc) is 3.37. The lowest BCUT2D eigenvalue weighted by atomic mass is 9.96. The highest BCUT2D eigenvalue weighted by atomic mass is 19.1. The maximum atomic E-state index is 14.9. The van der Waals surface area contributed by atoms with Crippen LogP contribution < -0.4 is 20.7 Å². The standard InChI is InChI=1S/C30H32FN7O3/c1-18(2)38-17-27(28(36-38)20-6-5-19-10-12-37(4)16-21(19)13-20)35-30(40)34-25-8-7-22(14-24(25)31)41-23-9-11-33-26(15-23)29(39)32-3/h5-9,11,13-15,17-18H,10,12,16H2,1-4H3,(H,32,39)(H2,34,35,40). The minimum Gasteiger partial charge on any atom is -0.457 e. The Hall–Kier alpha value is -4.77. The Balaban J connectivity index is 1.31. The second-order valence-electron chi connectivity index (χ2n) is 10.2. The van der Waals surface area contributed by atoms with Gasteiger partial charge in [0.15, 0.2) is 0 Å². The number of fused-ring (bicyclic) bond motifs is 1. The van der Waals surface area contributed by atoms with Crippen molar-refractivity contribution in [2.75, 3.05) is 31.3 Å². The van der Waals surface area contributed by atoms with Gasteiger partial charge >= 0.3 is 6.03 Å². The van der Waals surface area contributed by atoms with E-state index in [-0.39, 0.29) is 29.1 Å². The lowest BCUT2D eigenvalue weighted by molar-refractivity contribution is 0.0957. The fourth-order valence-electron chi connectivity index (χ4n) is 4.61. The van der Waals surface area contributed by atoms with E-state index in [1.165, 1.54) is 42.6 Å². The van der Waals surface area contributed by atoms with Crippen LogP contribution in [0, 0.1) is 5.82 Å². The molecule has 4 aromatic rings. The minimum atomic E-state index is -0.685. The minimum absolute atomic E-state index is 0.0229. The molecule has 0 unspecified atom stereocenters. The van der Waals surface area contributed by atoms with Crippen LogP contribution >= 0.6 is 0 Å². The van der Waals surface area contributed by atoms with Crippen LogP contribution in [0.5, 0.6) is 11.5 Å². The number of urea groups is 1. The van der Waals surface area contributed by atoms with Crippen molar-refractivity contribution in [2.45, 2.75) is 32.9 Å². The number of nitrogens with one attached hydrogen (secondary N) is 3. The van der Waals surface area contributed by atoms with Crippen LogP contribution in [-0.4, -0.2) is 52.2 Å². The molecule has 0 saturated carbocycles. The number of hydrogen-bond donors (Lipinski definition) is 3. The van der Waals surface area contributed by atoms with E-state index in [2.05, 4.69) is 45.0 Å². The summed E-state index contributed by atoms with van der Waals surface area (Å²) >= 11 is 0. The molecule has 0 fully saturated rings. The van der Waals surface area contributed by atoms with Crippen LogP contribution in [-0.2, 0) is 13.0 Å². The Kier molecular flexibility index (Phi) is 7.97. The van der Waals surface area contributed by atoms with Crippen LogP contribution in [0.1, 0.15) is 41.5 Å². The molecule has 2 aromatic carbocycles. The number of anilines is 2. The van der Waals surface area contributed by atoms with E-state index in [0.717, 1.165) is 31.1 Å². The first-order valence-corrected chi connectivity index (χ1v) is 13.3. The average molecular weight is 558 g/mol. The Morgan fingerprint density at radius 2 is 1.78 bits per heavy atom. The second kappa shape index (κ2) is 11.8. The van der Waals surface area contributed by atoms with Crippen molar-refractivity contribution in [3.8, 4) is 22.8 Å². The van der Waals surface area contributed by atoms with Gasteiger partial charge in [-0.15, -0.1) is 0 Å². The summed E-state index contributed by atoms with van der Waals surface area (Å²) in [6.45, 7) is 5.89. The third-order valence-corrected chi connectivity index (χ3v) is 6.81. The summed E-state index contributed by atoms with van der Waals surface area (Å²) in [7, 11) is 3.60. The highest BCUT2D eigenvalue weighted by Gasteiger charge is 2.19. The largest absolute Gasteiger partial charge is 0.457 e. The number of amides is 3. The number of halogens is 1. The fraction of sp³-hybridized carbons (Fsp3) is 0.267. The van der Waals surface area contributed by atoms with Crippen molar-refractivity contribution in [1.82, 2.24) is 25.0 Å². The van der Waals surface area contributed by atoms with E-state index < -0.39 is 11.8 Å². The maximum absolute atomic E-state index is 14.9. The van der Waals surface area contributed by atoms with E-state index in [9.17, 15) is 14.0 Å². The highest BCUT2D eigenvalue weighted by Crippen LogP contribution is 2.32. The summed E-state index contributed by atoms with van der Waals surface area (Å²) in [6.07, 6.45) is 4.20. The lowest BCUT2D eigenvalue weighted by Gasteiger charge is -2.25. The molecule has 3 heterocycles. The predicted molar refractivity (Wildman–Crippen MR) is 155 cm³/mol. The number of pyridine rings is 1. The number of carbonyl (C=O) groups excluding carboxylic acids is 2. The van der Waals surface area contributed by atoms with Crippen LogP contribution in [0.4, 0.5) is 20.6 Å². The van der Waals surface area contributed by atoms with Crippen molar-refractivity contribution in [2.24, 2.45) is 0 Å². The Labute approximate surface area is 237 Å². The van der Waals surface area contributed by atoms with Crippen LogP contribution in [0.3, 0.4) is 0 Å². The van der Waals surface area contributed by atoms with Crippen molar-refractivity contribution >= 4 is 23.3 Å². The molecular formula is C30H32FN7O3. The van der Waals surface area contributed by atoms with Gasteiger partial charge < -0.3 is 25.6 Å². The van der Waals surface area contributed by atoms with E-state index in [0.29, 0.717) is 17.1 Å². The van der Waals surface area contributed by atoms with E-state index in [1.54, 1.807) is 16.9 Å². The summed E-state index contributed by atoms with van der Waals surface area (Å²) < 4.78 is 22.4. The first-order valence-electron chi connectivity index (χ1n) is 13.3. The third-order valence-electron chi connectivity index (χ3n) is 6.81. The van der Waals surface area contributed by atoms with Gasteiger partial charge in [0, 0.05) is 56.3 Å². The van der Waals surface area contributed by atoms with Crippen molar-refractivity contribution < 1.29 is 18.7 Å². The monoisotopic (exact) mass is 557 g/mol. The lowest BCUT2D eigenvalue weighted by Crippen LogP contribution is -2.26. The first-order chi connectivity index (χ1) is 19.7. The topological polar surface area (TPSA) is 113 Å². The number of rotatable bonds is 7. The van der Waals surface area contributed by atoms with Crippen molar-refractivity contribution in [1.29, 1.82) is 0 Å². The van der Waals surface area contributed by atoms with Crippen LogP contribution in [0.25, 0.3) is 11.3 Å². The maximum Gasteiger partial charge on any atom is 0.323 e. The first kappa shape index (κ1) is 27.8. The molecule has 10 nitrogen and oxygen atoms in total. The summed E-state index contributed by atoms with van der Waals surface area (Å²) in [5.74, 6) is -0.537. The SMILES string of the molecule is CNC(=O)c1cc(Oc2ccc(NC(=O)Nc3cn(C(C)C)nc3-c3ccc4c(c3)CN(C)CC4)c(F)c2)ccn1. The predicted octanol–water partition coefficient (Wildman–Crippen LogP) is 5.45. The molecule has 212 valence electrons. The molecule has 0 radical (unpaired) electrons. The van der Waals surface area contributed by atoms with Crippen molar-refractivity contribution in [3.05, 3.63) is 83.6 Å². The number of benzene rings is 2. The Morgan fingerprint density at radius 1 is 1.00 bits per heavy atom. The summed E-state index contributed by atoms with van der Waals surface area (Å²) in [5.41, 5.74) is 4.77. The molecule has 3 N–H and O–H groups in total. The smallest absolute Gasteiger partial charge is 0.323 e. The Bertz CT molecular complexity index is 1600. The summed E-state index contributed by atoms with van der Waals surface area (Å²) in [5, 5.41) is 12.6. The van der Waals surface area contributed by atoms with E-state index in [1.807, 2.05) is 19.9 Å². The number of nitrogens with zero attached hydrogens (tertiary/aromatic N) is 4. The quantitative estimate of drug-likeness (QED) is 0.279. The molecule has 0 spiro atoms. The molecular weight excluding hydrogens is 525 g/mol. The van der Waals surface area contributed by atoms with Crippen LogP contribution in [0.2, 0.25) is 0 Å². The molecule has 11 heteroatoms. The molecule has 41 heavy (non-hydrogen) atoms. The van der Waals surface area contributed by atoms with Gasteiger partial charge in [0.25, 0.3) is 5.91 Å². The summed E-state index contributed by atoms with van der Waals surface area (Å²) in [6, 6.07) is 12.8. The van der Waals surface area contributed by atoms with Gasteiger partial charge in [0.1, 0.15) is 28.7 Å². The zero-order valence-electron chi connectivity index (χ0n) is 23.4. The molecule has 2 aromatic heterocycles. The molecule has 0 aliphatic carbocycles. The second-order valence-corrected chi connectivity index (χ2v) is 10.2. The van der Waals surface area contributed by atoms with Crippen molar-refractivity contribution in [3.63, 3.8) is 0 Å². The molecule has 5 rings (SSSR count). The van der Waals surface area contributed by atoms with Gasteiger partial charge in [-0.25, -0.2) is 9.18 Å². The molecule has 0 bridgehead atoms. The number of carbonyl (C=O) groups is 2. The molecule has 0 atom stereocenters. The van der Waals surface area contributed by atoms with Gasteiger partial charge in [0.2, 0.25) is 0 Å². The zero-order chi connectivity index (χ0) is 29.1. The van der Waals surface area contributed by atoms with E-state index >= 15 is 0 Å². The van der Waals surface area contributed by atoms with Gasteiger partial charge in [-0.05, 0) is 62.7 Å². The molecule has 1 aliphatic heterocycles. The number of ether oxygens (including phenoxy) is 1. The number of hydrogen-bond acceptors (Lipinski definition) is 6. The number of aromatic nitrogens is 3. The normalized spacial score (nSPS) is 13.0. The van der Waals surface area contributed by atoms with E-state index in [4.69, 9.17) is 9.84 Å². The van der Waals surface area contributed by atoms with Gasteiger partial charge in [0.05, 0.1) is 11.4 Å². The van der Waals surface area contributed by atoms with Crippen LogP contribution in [0.15, 0.2) is 60.9 Å². The highest BCUT2D eigenvalue weighted by molar-refractivity contribution is 6.02. The fourth-order valence-corrected chi connectivity index (χ4v) is 4.61. The molecule has 3 amide bonds. The zero-order valence-corrected chi connectivity index (χ0v) is 23.4. The molecule has 1 aliphatic rings.